The molecule has 4 nitrogen and oxygen atoms in total. The molecule has 1 heterocycles. The molecule has 0 aliphatic rings. The van der Waals surface area contributed by atoms with Crippen LogP contribution in [0.2, 0.25) is 5.15 Å². The normalized spacial score (nSPS) is 14.8. The molecule has 2 N–H and O–H groups in total. The van der Waals surface area contributed by atoms with Gasteiger partial charge in [0.2, 0.25) is 0 Å². The highest BCUT2D eigenvalue weighted by Crippen LogP contribution is 2.13. The summed E-state index contributed by atoms with van der Waals surface area (Å²) in [6, 6.07) is 4.85. The second-order valence-corrected chi connectivity index (χ2v) is 3.59. The Kier molecular flexibility index (Phi) is 3.08. The van der Waals surface area contributed by atoms with Crippen molar-refractivity contribution in [3.8, 4) is 0 Å². The van der Waals surface area contributed by atoms with E-state index in [0.717, 1.165) is 0 Å². The minimum absolute atomic E-state index is 0.0666. The van der Waals surface area contributed by atoms with Gasteiger partial charge in [0, 0.05) is 12.1 Å². The Bertz CT molecular complexity index is 352. The summed E-state index contributed by atoms with van der Waals surface area (Å²) in [7, 11) is 0. The molecule has 1 rings (SSSR count). The number of nitrogens with zero attached hydrogens (tertiary/aromatic N) is 1. The quantitative estimate of drug-likeness (QED) is 0.742. The molecule has 0 radical (unpaired) electrons. The summed E-state index contributed by atoms with van der Waals surface area (Å²) in [5, 5.41) is 18.4. The van der Waals surface area contributed by atoms with Crippen LogP contribution >= 0.6 is 11.6 Å². The van der Waals surface area contributed by atoms with Gasteiger partial charge in [0.1, 0.15) is 5.15 Å². The van der Waals surface area contributed by atoms with E-state index in [9.17, 15) is 9.90 Å². The fourth-order valence-electron chi connectivity index (χ4n) is 0.977. The van der Waals surface area contributed by atoms with E-state index in [0.29, 0.717) is 5.69 Å². The van der Waals surface area contributed by atoms with Gasteiger partial charge in [-0.3, -0.25) is 0 Å². The van der Waals surface area contributed by atoms with Crippen molar-refractivity contribution in [2.24, 2.45) is 0 Å². The summed E-state index contributed by atoms with van der Waals surface area (Å²) in [5.41, 5.74) is -1.36. The maximum Gasteiger partial charge on any atom is 0.335 e. The van der Waals surface area contributed by atoms with Crippen molar-refractivity contribution < 1.29 is 15.0 Å². The summed E-state index contributed by atoms with van der Waals surface area (Å²) >= 11 is 5.61. The van der Waals surface area contributed by atoms with Gasteiger partial charge in [0.15, 0.2) is 5.60 Å². The third-order valence-electron chi connectivity index (χ3n) is 1.76. The number of hydrogen-bond donors (Lipinski definition) is 2. The molecule has 0 saturated carbocycles. The lowest BCUT2D eigenvalue weighted by Crippen LogP contribution is -2.37. The number of carbonyl (C=O) groups is 1. The molecule has 1 aromatic heterocycles. The van der Waals surface area contributed by atoms with Crippen molar-refractivity contribution in [1.29, 1.82) is 0 Å². The van der Waals surface area contributed by atoms with Gasteiger partial charge in [-0.05, 0) is 19.1 Å². The van der Waals surface area contributed by atoms with Crippen LogP contribution in [0.4, 0.5) is 0 Å². The Morgan fingerprint density at radius 1 is 1.64 bits per heavy atom. The molecule has 0 amide bonds. The molecule has 0 bridgehead atoms. The molecule has 0 aliphatic heterocycles. The van der Waals surface area contributed by atoms with Gasteiger partial charge in [-0.2, -0.15) is 0 Å². The highest BCUT2D eigenvalue weighted by Gasteiger charge is 2.30. The number of pyridine rings is 1. The SMILES string of the molecule is CC(O)(Cc1cccc(Cl)n1)C(=O)O. The fourth-order valence-corrected chi connectivity index (χ4v) is 1.16. The molecule has 0 saturated heterocycles. The van der Waals surface area contributed by atoms with Crippen LogP contribution in [-0.4, -0.2) is 26.8 Å². The summed E-state index contributed by atoms with van der Waals surface area (Å²) in [6.45, 7) is 1.22. The van der Waals surface area contributed by atoms with Crippen molar-refractivity contribution >= 4 is 17.6 Å². The lowest BCUT2D eigenvalue weighted by molar-refractivity contribution is -0.156. The first-order valence-electron chi connectivity index (χ1n) is 3.99. The Morgan fingerprint density at radius 3 is 2.79 bits per heavy atom. The number of aliphatic hydroxyl groups is 1. The van der Waals surface area contributed by atoms with E-state index in [1.54, 1.807) is 18.2 Å². The number of aromatic nitrogens is 1. The second kappa shape index (κ2) is 3.94. The molecule has 5 heteroatoms. The zero-order valence-corrected chi connectivity index (χ0v) is 8.32. The van der Waals surface area contributed by atoms with Crippen LogP contribution in [0.3, 0.4) is 0 Å². The first kappa shape index (κ1) is 10.9. The largest absolute Gasteiger partial charge is 0.479 e. The standard InChI is InChI=1S/C9H10ClNO3/c1-9(14,8(12)13)5-6-3-2-4-7(10)11-6/h2-4,14H,5H2,1H3,(H,12,13). The van der Waals surface area contributed by atoms with Crippen molar-refractivity contribution in [3.05, 3.63) is 29.0 Å². The van der Waals surface area contributed by atoms with Crippen LogP contribution in [0.5, 0.6) is 0 Å². The molecule has 0 fully saturated rings. The zero-order chi connectivity index (χ0) is 10.8. The molecular formula is C9H10ClNO3. The van der Waals surface area contributed by atoms with Crippen LogP contribution in [-0.2, 0) is 11.2 Å². The lowest BCUT2D eigenvalue weighted by Gasteiger charge is -2.16. The van der Waals surface area contributed by atoms with Gasteiger partial charge >= 0.3 is 5.97 Å². The van der Waals surface area contributed by atoms with Gasteiger partial charge in [0.05, 0.1) is 0 Å². The van der Waals surface area contributed by atoms with Crippen molar-refractivity contribution in [2.45, 2.75) is 18.9 Å². The predicted molar refractivity (Wildman–Crippen MR) is 51.2 cm³/mol. The van der Waals surface area contributed by atoms with Crippen LogP contribution < -0.4 is 0 Å². The Hall–Kier alpha value is -1.13. The minimum atomic E-state index is -1.81. The Morgan fingerprint density at radius 2 is 2.29 bits per heavy atom. The number of carboxylic acids is 1. The maximum atomic E-state index is 10.6. The molecular weight excluding hydrogens is 206 g/mol. The van der Waals surface area contributed by atoms with Crippen LogP contribution in [0.15, 0.2) is 18.2 Å². The molecule has 0 aliphatic carbocycles. The second-order valence-electron chi connectivity index (χ2n) is 3.21. The zero-order valence-electron chi connectivity index (χ0n) is 7.57. The lowest BCUT2D eigenvalue weighted by atomic mass is 10.0. The number of carboxylic acid groups (broad SMARTS) is 1. The van der Waals surface area contributed by atoms with E-state index in [1.165, 1.54) is 6.92 Å². The Labute approximate surface area is 86.2 Å². The number of rotatable bonds is 3. The van der Waals surface area contributed by atoms with E-state index in [4.69, 9.17) is 16.7 Å². The molecule has 1 unspecified atom stereocenters. The first-order chi connectivity index (χ1) is 6.42. The van der Waals surface area contributed by atoms with Gasteiger partial charge < -0.3 is 10.2 Å². The maximum absolute atomic E-state index is 10.6. The van der Waals surface area contributed by atoms with E-state index in [1.807, 2.05) is 0 Å². The molecule has 0 spiro atoms. The first-order valence-corrected chi connectivity index (χ1v) is 4.37. The monoisotopic (exact) mass is 215 g/mol. The van der Waals surface area contributed by atoms with E-state index in [-0.39, 0.29) is 11.6 Å². The van der Waals surface area contributed by atoms with E-state index < -0.39 is 11.6 Å². The third kappa shape index (κ3) is 2.68. The molecule has 76 valence electrons. The number of halogens is 1. The van der Waals surface area contributed by atoms with E-state index in [2.05, 4.69) is 4.98 Å². The van der Waals surface area contributed by atoms with Gasteiger partial charge in [-0.1, -0.05) is 17.7 Å². The van der Waals surface area contributed by atoms with Crippen LogP contribution in [0, 0.1) is 0 Å². The van der Waals surface area contributed by atoms with Gasteiger partial charge in [-0.15, -0.1) is 0 Å². The Balaban J connectivity index is 2.83. The predicted octanol–water partition coefficient (Wildman–Crippen LogP) is 1.11. The topological polar surface area (TPSA) is 70.4 Å². The highest BCUT2D eigenvalue weighted by molar-refractivity contribution is 6.29. The van der Waals surface area contributed by atoms with E-state index >= 15 is 0 Å². The highest BCUT2D eigenvalue weighted by atomic mass is 35.5. The fraction of sp³-hybridized carbons (Fsp3) is 0.333. The molecule has 14 heavy (non-hydrogen) atoms. The summed E-state index contributed by atoms with van der Waals surface area (Å²) in [4.78, 5) is 14.5. The molecule has 0 aromatic carbocycles. The van der Waals surface area contributed by atoms with Crippen molar-refractivity contribution in [2.75, 3.05) is 0 Å². The average molecular weight is 216 g/mol. The van der Waals surface area contributed by atoms with Gasteiger partial charge in [0.25, 0.3) is 0 Å². The summed E-state index contributed by atoms with van der Waals surface area (Å²) in [5.74, 6) is -1.28. The van der Waals surface area contributed by atoms with Crippen LogP contribution in [0.25, 0.3) is 0 Å². The summed E-state index contributed by atoms with van der Waals surface area (Å²) < 4.78 is 0. The molecule has 1 aromatic rings. The van der Waals surface area contributed by atoms with Gasteiger partial charge in [-0.25, -0.2) is 9.78 Å². The number of hydrogen-bond acceptors (Lipinski definition) is 3. The van der Waals surface area contributed by atoms with Crippen molar-refractivity contribution in [1.82, 2.24) is 4.98 Å². The van der Waals surface area contributed by atoms with Crippen LogP contribution in [0.1, 0.15) is 12.6 Å². The molecule has 1 atom stereocenters. The average Bonchev–Trinajstić information content (AvgIpc) is 2.02. The van der Waals surface area contributed by atoms with Crippen molar-refractivity contribution in [3.63, 3.8) is 0 Å². The minimum Gasteiger partial charge on any atom is -0.479 e. The smallest absolute Gasteiger partial charge is 0.335 e. The summed E-state index contributed by atoms with van der Waals surface area (Å²) in [6.07, 6.45) is -0.0666. The number of aliphatic carboxylic acids is 1. The third-order valence-corrected chi connectivity index (χ3v) is 1.97.